The van der Waals surface area contributed by atoms with Crippen LogP contribution in [-0.2, 0) is 13.0 Å². The van der Waals surface area contributed by atoms with Crippen LogP contribution in [0.15, 0.2) is 54.7 Å². The fourth-order valence-electron chi connectivity index (χ4n) is 2.45. The second kappa shape index (κ2) is 4.88. The van der Waals surface area contributed by atoms with E-state index in [0.29, 0.717) is 0 Å². The summed E-state index contributed by atoms with van der Waals surface area (Å²) in [6.45, 7) is 2.98. The van der Waals surface area contributed by atoms with Gasteiger partial charge < -0.3 is 4.57 Å². The summed E-state index contributed by atoms with van der Waals surface area (Å²) in [6, 6.07) is 15.5. The Hall–Kier alpha value is -2.09. The van der Waals surface area contributed by atoms with Gasteiger partial charge in [0.25, 0.3) is 0 Å². The molecule has 0 spiro atoms. The zero-order valence-electron chi connectivity index (χ0n) is 10.9. The highest BCUT2D eigenvalue weighted by atomic mass is 19.1. The zero-order chi connectivity index (χ0) is 13.2. The van der Waals surface area contributed by atoms with Crippen molar-refractivity contribution in [1.82, 2.24) is 4.57 Å². The van der Waals surface area contributed by atoms with Crippen LogP contribution >= 0.6 is 0 Å². The van der Waals surface area contributed by atoms with Crippen LogP contribution < -0.4 is 0 Å². The molecule has 3 aromatic rings. The largest absolute Gasteiger partial charge is 0.343 e. The van der Waals surface area contributed by atoms with Crippen LogP contribution in [0.25, 0.3) is 10.9 Å². The van der Waals surface area contributed by atoms with Gasteiger partial charge in [0, 0.05) is 23.6 Å². The molecule has 0 atom stereocenters. The lowest BCUT2D eigenvalue weighted by Gasteiger charge is -2.07. The first-order valence-electron chi connectivity index (χ1n) is 6.58. The Morgan fingerprint density at radius 1 is 1.00 bits per heavy atom. The van der Waals surface area contributed by atoms with Crippen molar-refractivity contribution >= 4 is 10.9 Å². The Labute approximate surface area is 112 Å². The van der Waals surface area contributed by atoms with Crippen LogP contribution in [0, 0.1) is 5.82 Å². The summed E-state index contributed by atoms with van der Waals surface area (Å²) in [6.07, 6.45) is 3.06. The quantitative estimate of drug-likeness (QED) is 0.652. The summed E-state index contributed by atoms with van der Waals surface area (Å²) in [5, 5.41) is 0.951. The lowest BCUT2D eigenvalue weighted by atomic mass is 10.1. The number of halogens is 1. The molecule has 1 nitrogen and oxygen atoms in total. The van der Waals surface area contributed by atoms with Gasteiger partial charge in [-0.2, -0.15) is 0 Å². The van der Waals surface area contributed by atoms with E-state index < -0.39 is 0 Å². The summed E-state index contributed by atoms with van der Waals surface area (Å²) in [5.41, 5.74) is 3.70. The van der Waals surface area contributed by atoms with Crippen LogP contribution in [0.4, 0.5) is 4.39 Å². The average Bonchev–Trinajstić information content (AvgIpc) is 2.81. The molecule has 0 saturated heterocycles. The van der Waals surface area contributed by atoms with E-state index in [1.807, 2.05) is 18.3 Å². The fraction of sp³-hybridized carbons (Fsp3) is 0.176. The number of rotatable bonds is 3. The maximum absolute atomic E-state index is 13.2. The molecule has 0 saturated carbocycles. The van der Waals surface area contributed by atoms with Gasteiger partial charge in [-0.25, -0.2) is 4.39 Å². The predicted molar refractivity (Wildman–Crippen MR) is 76.8 cm³/mol. The molecule has 2 heteroatoms. The fourth-order valence-corrected chi connectivity index (χ4v) is 2.45. The normalized spacial score (nSPS) is 11.1. The average molecular weight is 253 g/mol. The van der Waals surface area contributed by atoms with Gasteiger partial charge in [0.1, 0.15) is 5.82 Å². The van der Waals surface area contributed by atoms with Gasteiger partial charge in [-0.05, 0) is 41.8 Å². The zero-order valence-corrected chi connectivity index (χ0v) is 10.9. The molecule has 0 bridgehead atoms. The van der Waals surface area contributed by atoms with E-state index in [-0.39, 0.29) is 5.82 Å². The van der Waals surface area contributed by atoms with Crippen molar-refractivity contribution < 1.29 is 4.39 Å². The van der Waals surface area contributed by atoms with E-state index in [1.54, 1.807) is 6.07 Å². The van der Waals surface area contributed by atoms with Gasteiger partial charge in [0.05, 0.1) is 0 Å². The molecule has 0 amide bonds. The molecule has 0 aliphatic heterocycles. The first kappa shape index (κ1) is 12.0. The number of hydrogen-bond donors (Lipinski definition) is 0. The molecule has 1 heterocycles. The van der Waals surface area contributed by atoms with Crippen molar-refractivity contribution in [3.05, 3.63) is 71.7 Å². The highest BCUT2D eigenvalue weighted by molar-refractivity contribution is 5.80. The number of hydrogen-bond acceptors (Lipinski definition) is 0. The summed E-state index contributed by atoms with van der Waals surface area (Å²) in [7, 11) is 0. The van der Waals surface area contributed by atoms with Crippen molar-refractivity contribution in [3.63, 3.8) is 0 Å². The maximum Gasteiger partial charge on any atom is 0.123 e. The van der Waals surface area contributed by atoms with Crippen molar-refractivity contribution in [1.29, 1.82) is 0 Å². The van der Waals surface area contributed by atoms with Gasteiger partial charge >= 0.3 is 0 Å². The van der Waals surface area contributed by atoms with Gasteiger partial charge in [-0.3, -0.25) is 0 Å². The monoisotopic (exact) mass is 253 g/mol. The van der Waals surface area contributed by atoms with Crippen LogP contribution in [0.2, 0.25) is 0 Å². The second-order valence-corrected chi connectivity index (χ2v) is 4.82. The maximum atomic E-state index is 13.2. The second-order valence-electron chi connectivity index (χ2n) is 4.82. The molecule has 0 fully saturated rings. The number of fused-ring (bicyclic) bond motifs is 1. The Morgan fingerprint density at radius 2 is 1.84 bits per heavy atom. The molecular formula is C17H16FN. The van der Waals surface area contributed by atoms with E-state index in [4.69, 9.17) is 0 Å². The first-order chi connectivity index (χ1) is 9.26. The molecule has 0 unspecified atom stereocenters. The van der Waals surface area contributed by atoms with E-state index in [1.165, 1.54) is 17.2 Å². The molecule has 2 aromatic carbocycles. The highest BCUT2D eigenvalue weighted by Gasteiger charge is 2.03. The Morgan fingerprint density at radius 3 is 2.68 bits per heavy atom. The number of nitrogens with zero attached hydrogens (tertiary/aromatic N) is 1. The minimum Gasteiger partial charge on any atom is -0.343 e. The Balaban J connectivity index is 1.96. The summed E-state index contributed by atoms with van der Waals surface area (Å²) >= 11 is 0. The number of aromatic nitrogens is 1. The number of benzene rings is 2. The summed E-state index contributed by atoms with van der Waals surface area (Å²) in [5.74, 6) is -0.182. The third-order valence-electron chi connectivity index (χ3n) is 3.49. The van der Waals surface area contributed by atoms with Crippen molar-refractivity contribution in [2.75, 3.05) is 0 Å². The van der Waals surface area contributed by atoms with Gasteiger partial charge in [-0.1, -0.05) is 31.2 Å². The number of aryl methyl sites for hydroxylation is 1. The minimum absolute atomic E-state index is 0.182. The molecule has 0 aliphatic carbocycles. The molecule has 96 valence electrons. The third-order valence-corrected chi connectivity index (χ3v) is 3.49. The SMILES string of the molecule is CCc1cccc(Cn2ccc3cc(F)ccc32)c1. The van der Waals surface area contributed by atoms with Crippen molar-refractivity contribution in [3.8, 4) is 0 Å². The van der Waals surface area contributed by atoms with Crippen LogP contribution in [0.1, 0.15) is 18.1 Å². The van der Waals surface area contributed by atoms with Crippen molar-refractivity contribution in [2.24, 2.45) is 0 Å². The molecule has 0 radical (unpaired) electrons. The lowest BCUT2D eigenvalue weighted by Crippen LogP contribution is -1.98. The summed E-state index contributed by atoms with van der Waals surface area (Å²) < 4.78 is 15.3. The summed E-state index contributed by atoms with van der Waals surface area (Å²) in [4.78, 5) is 0. The van der Waals surface area contributed by atoms with E-state index >= 15 is 0 Å². The molecule has 19 heavy (non-hydrogen) atoms. The van der Waals surface area contributed by atoms with E-state index in [0.717, 1.165) is 23.9 Å². The van der Waals surface area contributed by atoms with Gasteiger partial charge in [0.2, 0.25) is 0 Å². The van der Waals surface area contributed by atoms with Crippen LogP contribution in [0.5, 0.6) is 0 Å². The van der Waals surface area contributed by atoms with Gasteiger partial charge in [0.15, 0.2) is 0 Å². The molecule has 3 rings (SSSR count). The van der Waals surface area contributed by atoms with Crippen molar-refractivity contribution in [2.45, 2.75) is 19.9 Å². The molecule has 0 aliphatic rings. The predicted octanol–water partition coefficient (Wildman–Crippen LogP) is 4.39. The Bertz CT molecular complexity index is 712. The van der Waals surface area contributed by atoms with Crippen LogP contribution in [-0.4, -0.2) is 4.57 Å². The minimum atomic E-state index is -0.182. The van der Waals surface area contributed by atoms with Gasteiger partial charge in [-0.15, -0.1) is 0 Å². The first-order valence-corrected chi connectivity index (χ1v) is 6.58. The third kappa shape index (κ3) is 2.39. The topological polar surface area (TPSA) is 4.93 Å². The van der Waals surface area contributed by atoms with E-state index in [9.17, 15) is 4.39 Å². The molecular weight excluding hydrogens is 237 g/mol. The Kier molecular flexibility index (Phi) is 3.08. The molecule has 1 aromatic heterocycles. The lowest BCUT2D eigenvalue weighted by molar-refractivity contribution is 0.629. The van der Waals surface area contributed by atoms with Crippen LogP contribution in [0.3, 0.4) is 0 Å². The highest BCUT2D eigenvalue weighted by Crippen LogP contribution is 2.18. The standard InChI is InChI=1S/C17H16FN/c1-2-13-4-3-5-14(10-13)12-19-9-8-15-11-16(18)6-7-17(15)19/h3-11H,2,12H2,1H3. The van der Waals surface area contributed by atoms with E-state index in [2.05, 4.69) is 35.8 Å². The smallest absolute Gasteiger partial charge is 0.123 e. The molecule has 0 N–H and O–H groups in total.